The highest BCUT2D eigenvalue weighted by molar-refractivity contribution is 6.80. The van der Waals surface area contributed by atoms with Crippen molar-refractivity contribution in [3.63, 3.8) is 0 Å². The van der Waals surface area contributed by atoms with Gasteiger partial charge in [0.25, 0.3) is 0 Å². The summed E-state index contributed by atoms with van der Waals surface area (Å²) >= 11 is 0. The predicted octanol–water partition coefficient (Wildman–Crippen LogP) is 5.29. The van der Waals surface area contributed by atoms with Gasteiger partial charge in [-0.15, -0.1) is 0 Å². The second-order valence-electron chi connectivity index (χ2n) is 10.6. The zero-order valence-corrected chi connectivity index (χ0v) is 23.9. The van der Waals surface area contributed by atoms with Gasteiger partial charge >= 0.3 is 11.9 Å². The Morgan fingerprint density at radius 3 is 1.91 bits per heavy atom. The highest BCUT2D eigenvalue weighted by Gasteiger charge is 2.49. The zero-order valence-electron chi connectivity index (χ0n) is 22.9. The van der Waals surface area contributed by atoms with Crippen LogP contribution in [0, 0.1) is 0 Å². The molecular formula is C27H45NO6Si. The van der Waals surface area contributed by atoms with Crippen LogP contribution in [0.25, 0.3) is 0 Å². The SMILES string of the molecule is CCOC(=O)C(CCc1ccc(OCCCC[Si](C)(C)C(C)(C)C)cc1)(NC(C)=O)C(=O)OCC. The smallest absolute Gasteiger partial charge is 0.343 e. The molecule has 0 heterocycles. The molecule has 0 aliphatic carbocycles. The highest BCUT2D eigenvalue weighted by Crippen LogP contribution is 2.39. The van der Waals surface area contributed by atoms with E-state index in [0.29, 0.717) is 18.1 Å². The fraction of sp³-hybridized carbons (Fsp3) is 0.667. The van der Waals surface area contributed by atoms with Crippen LogP contribution in [0.5, 0.6) is 5.75 Å². The van der Waals surface area contributed by atoms with Gasteiger partial charge < -0.3 is 19.5 Å². The molecule has 7 nitrogen and oxygen atoms in total. The molecule has 0 aromatic heterocycles. The molecule has 35 heavy (non-hydrogen) atoms. The lowest BCUT2D eigenvalue weighted by molar-refractivity contribution is -0.168. The van der Waals surface area contributed by atoms with Crippen molar-refractivity contribution in [3.05, 3.63) is 29.8 Å². The standard InChI is InChI=1S/C27H45NO6Si/c1-9-32-24(30)27(28-21(3)29,25(31)33-10-2)18-17-22-13-15-23(16-14-22)34-19-11-12-20-35(7,8)26(4,5)6/h13-16H,9-12,17-20H2,1-8H3,(H,28,29). The summed E-state index contributed by atoms with van der Waals surface area (Å²) in [4.78, 5) is 37.3. The Bertz CT molecular complexity index is 811. The number of hydrogen-bond acceptors (Lipinski definition) is 6. The van der Waals surface area contributed by atoms with E-state index in [1.807, 2.05) is 24.3 Å². The molecule has 0 spiro atoms. The first-order valence-corrected chi connectivity index (χ1v) is 15.8. The Morgan fingerprint density at radius 2 is 1.46 bits per heavy atom. The van der Waals surface area contributed by atoms with Crippen LogP contribution in [0.2, 0.25) is 24.2 Å². The number of carbonyl (C=O) groups is 3. The van der Waals surface area contributed by atoms with Gasteiger partial charge in [0.15, 0.2) is 0 Å². The normalized spacial score (nSPS) is 12.1. The summed E-state index contributed by atoms with van der Waals surface area (Å²) in [5.74, 6) is -1.36. The second kappa shape index (κ2) is 13.7. The van der Waals surface area contributed by atoms with Crippen molar-refractivity contribution in [3.8, 4) is 5.75 Å². The zero-order chi connectivity index (χ0) is 26.7. The van der Waals surface area contributed by atoms with Gasteiger partial charge in [-0.1, -0.05) is 58.5 Å². The van der Waals surface area contributed by atoms with Crippen LogP contribution in [0.4, 0.5) is 0 Å². The van der Waals surface area contributed by atoms with E-state index in [1.165, 1.54) is 19.4 Å². The maximum atomic E-state index is 12.7. The van der Waals surface area contributed by atoms with Crippen LogP contribution in [-0.4, -0.2) is 51.3 Å². The minimum atomic E-state index is -1.88. The lowest BCUT2D eigenvalue weighted by atomic mass is 9.90. The molecule has 8 heteroatoms. The first kappa shape index (κ1) is 30.7. The summed E-state index contributed by atoms with van der Waals surface area (Å²) in [7, 11) is -1.25. The van der Waals surface area contributed by atoms with E-state index < -0.39 is 31.5 Å². The Balaban J connectivity index is 2.74. The number of amides is 1. The molecule has 0 radical (unpaired) electrons. The van der Waals surface area contributed by atoms with Gasteiger partial charge in [0.1, 0.15) is 5.75 Å². The molecule has 0 aliphatic rings. The molecule has 1 aromatic carbocycles. The number of esters is 2. The van der Waals surface area contributed by atoms with E-state index in [9.17, 15) is 14.4 Å². The summed E-state index contributed by atoms with van der Waals surface area (Å²) in [5.41, 5.74) is -0.976. The molecule has 0 saturated heterocycles. The van der Waals surface area contributed by atoms with Gasteiger partial charge in [0, 0.05) is 6.92 Å². The number of carbonyl (C=O) groups excluding carboxylic acids is 3. The van der Waals surface area contributed by atoms with Crippen LogP contribution in [0.3, 0.4) is 0 Å². The molecule has 198 valence electrons. The van der Waals surface area contributed by atoms with Crippen molar-refractivity contribution in [2.24, 2.45) is 0 Å². The van der Waals surface area contributed by atoms with Gasteiger partial charge in [-0.05, 0) is 55.8 Å². The third kappa shape index (κ3) is 9.31. The Kier molecular flexibility index (Phi) is 12.0. The summed E-state index contributed by atoms with van der Waals surface area (Å²) in [6, 6.07) is 8.87. The van der Waals surface area contributed by atoms with Crippen molar-refractivity contribution in [2.75, 3.05) is 19.8 Å². The van der Waals surface area contributed by atoms with Crippen LogP contribution in [0.1, 0.15) is 66.4 Å². The minimum absolute atomic E-state index is 0.0257. The van der Waals surface area contributed by atoms with E-state index in [1.54, 1.807) is 13.8 Å². The predicted molar refractivity (Wildman–Crippen MR) is 141 cm³/mol. The quantitative estimate of drug-likeness (QED) is 0.159. The van der Waals surface area contributed by atoms with Gasteiger partial charge in [-0.25, -0.2) is 9.59 Å². The molecule has 1 rings (SSSR count). The largest absolute Gasteiger partial charge is 0.494 e. The second-order valence-corrected chi connectivity index (χ2v) is 16.4. The summed E-state index contributed by atoms with van der Waals surface area (Å²) in [6.07, 6.45) is 2.58. The molecular weight excluding hydrogens is 462 g/mol. The van der Waals surface area contributed by atoms with Crippen molar-refractivity contribution in [1.29, 1.82) is 0 Å². The van der Waals surface area contributed by atoms with Crippen LogP contribution in [0.15, 0.2) is 24.3 Å². The number of aryl methyl sites for hydroxylation is 1. The van der Waals surface area contributed by atoms with E-state index in [0.717, 1.165) is 17.7 Å². The van der Waals surface area contributed by atoms with Crippen LogP contribution < -0.4 is 10.1 Å². The van der Waals surface area contributed by atoms with Crippen molar-refractivity contribution in [1.82, 2.24) is 5.32 Å². The topological polar surface area (TPSA) is 90.9 Å². The van der Waals surface area contributed by atoms with E-state index in [4.69, 9.17) is 14.2 Å². The van der Waals surface area contributed by atoms with E-state index in [2.05, 4.69) is 39.2 Å². The first-order valence-electron chi connectivity index (χ1n) is 12.6. The minimum Gasteiger partial charge on any atom is -0.494 e. The molecule has 1 amide bonds. The molecule has 0 atom stereocenters. The Labute approximate surface area is 212 Å². The monoisotopic (exact) mass is 507 g/mol. The maximum absolute atomic E-state index is 12.7. The summed E-state index contributed by atoms with van der Waals surface area (Å²) in [6.45, 7) is 17.3. The fourth-order valence-electron chi connectivity index (χ4n) is 3.58. The van der Waals surface area contributed by atoms with Crippen molar-refractivity contribution < 1.29 is 28.6 Å². The number of nitrogens with one attached hydrogen (secondary N) is 1. The Morgan fingerprint density at radius 1 is 0.914 bits per heavy atom. The number of hydrogen-bond donors (Lipinski definition) is 1. The average Bonchev–Trinajstić information content (AvgIpc) is 2.76. The van der Waals surface area contributed by atoms with Crippen molar-refractivity contribution >= 4 is 25.9 Å². The first-order chi connectivity index (χ1) is 16.3. The number of unbranched alkanes of at least 4 members (excludes halogenated alkanes) is 1. The lowest BCUT2D eigenvalue weighted by Crippen LogP contribution is -2.61. The lowest BCUT2D eigenvalue weighted by Gasteiger charge is -2.37. The molecule has 0 saturated carbocycles. The van der Waals surface area contributed by atoms with E-state index >= 15 is 0 Å². The maximum Gasteiger partial charge on any atom is 0.343 e. The number of benzene rings is 1. The van der Waals surface area contributed by atoms with E-state index in [-0.39, 0.29) is 19.6 Å². The van der Waals surface area contributed by atoms with Crippen molar-refractivity contribution in [2.45, 2.75) is 96.9 Å². The van der Waals surface area contributed by atoms with Gasteiger partial charge in [0.2, 0.25) is 11.4 Å². The molecule has 0 unspecified atom stereocenters. The van der Waals surface area contributed by atoms with Gasteiger partial charge in [-0.2, -0.15) is 0 Å². The summed E-state index contributed by atoms with van der Waals surface area (Å²) in [5, 5.41) is 2.90. The Hall–Kier alpha value is -2.35. The highest BCUT2D eigenvalue weighted by atomic mass is 28.3. The molecule has 0 aliphatic heterocycles. The van der Waals surface area contributed by atoms with Crippen LogP contribution >= 0.6 is 0 Å². The molecule has 0 bridgehead atoms. The van der Waals surface area contributed by atoms with Gasteiger partial charge in [-0.3, -0.25) is 4.79 Å². The molecule has 1 N–H and O–H groups in total. The van der Waals surface area contributed by atoms with Gasteiger partial charge in [0.05, 0.1) is 27.9 Å². The number of ether oxygens (including phenoxy) is 3. The number of rotatable bonds is 14. The third-order valence-electron chi connectivity index (χ3n) is 6.84. The molecule has 1 aromatic rings. The summed E-state index contributed by atoms with van der Waals surface area (Å²) < 4.78 is 16.1. The fourth-order valence-corrected chi connectivity index (χ4v) is 5.46. The third-order valence-corrected chi connectivity index (χ3v) is 12.5. The van der Waals surface area contributed by atoms with Crippen LogP contribution in [-0.2, 0) is 30.3 Å². The average molecular weight is 508 g/mol. The molecule has 0 fully saturated rings.